The second-order valence-corrected chi connectivity index (χ2v) is 9.19. The Kier molecular flexibility index (Phi) is 7.26. The van der Waals surface area contributed by atoms with Crippen molar-refractivity contribution >= 4 is 38.6 Å². The highest BCUT2D eigenvalue weighted by molar-refractivity contribution is 7.90. The zero-order chi connectivity index (χ0) is 24.2. The lowest BCUT2D eigenvalue weighted by atomic mass is 10.1. The summed E-state index contributed by atoms with van der Waals surface area (Å²) in [6.07, 6.45) is 4.02. The summed E-state index contributed by atoms with van der Waals surface area (Å²) in [6, 6.07) is 9.58. The fraction of sp³-hybridized carbons (Fsp3) is 0.227. The van der Waals surface area contributed by atoms with E-state index in [1.54, 1.807) is 31.2 Å². The number of rotatable bonds is 9. The van der Waals surface area contributed by atoms with Crippen molar-refractivity contribution in [3.8, 4) is 5.75 Å². The number of benzene rings is 1. The summed E-state index contributed by atoms with van der Waals surface area (Å²) in [5.41, 5.74) is 1.82. The third-order valence-corrected chi connectivity index (χ3v) is 5.97. The number of nitrogens with zero attached hydrogens (tertiary/aromatic N) is 3. The summed E-state index contributed by atoms with van der Waals surface area (Å²) in [5, 5.41) is 13.7. The Labute approximate surface area is 191 Å². The van der Waals surface area contributed by atoms with Crippen LogP contribution in [0.3, 0.4) is 0 Å². The standard InChI is InChI=1S/C22H25N5O5S/c1-4-19(29)16-12-25-22(26-21-8-6-15(11-24-21)33(3,30)31)10-18(16)27(23)17-7-5-14(13-28)9-20(17)32-2/h5-12,28H,4,13,23H2,1-3H3,(H,24,25,26). The minimum Gasteiger partial charge on any atom is -0.495 e. The number of Topliss-reactive ketones (excluding diaryl/α,β-unsaturated/α-hetero) is 1. The van der Waals surface area contributed by atoms with Crippen molar-refractivity contribution in [1.82, 2.24) is 9.97 Å². The number of hydrogen-bond acceptors (Lipinski definition) is 10. The van der Waals surface area contributed by atoms with E-state index in [0.717, 1.165) is 6.26 Å². The SMILES string of the molecule is CCC(=O)c1cnc(Nc2ccc(S(C)(=O)=O)cn2)cc1N(N)c1ccc(CO)cc1OC. The van der Waals surface area contributed by atoms with Gasteiger partial charge in [-0.05, 0) is 29.8 Å². The Morgan fingerprint density at radius 1 is 1.12 bits per heavy atom. The first-order valence-electron chi connectivity index (χ1n) is 9.97. The van der Waals surface area contributed by atoms with Crippen molar-refractivity contribution < 1.29 is 23.1 Å². The number of carbonyl (C=O) groups excluding carboxylic acids is 1. The molecule has 0 saturated heterocycles. The summed E-state index contributed by atoms with van der Waals surface area (Å²) < 4.78 is 28.7. The van der Waals surface area contributed by atoms with Crippen LogP contribution in [0.1, 0.15) is 29.3 Å². The molecular formula is C22H25N5O5S. The molecule has 0 aliphatic heterocycles. The van der Waals surface area contributed by atoms with Gasteiger partial charge < -0.3 is 15.2 Å². The van der Waals surface area contributed by atoms with Gasteiger partial charge in [0.2, 0.25) is 0 Å². The second-order valence-electron chi connectivity index (χ2n) is 7.17. The smallest absolute Gasteiger partial charge is 0.177 e. The maximum atomic E-state index is 12.5. The molecule has 0 saturated carbocycles. The Balaban J connectivity index is 2.01. The van der Waals surface area contributed by atoms with Gasteiger partial charge in [-0.1, -0.05) is 13.0 Å². The molecule has 0 bridgehead atoms. The fourth-order valence-electron chi connectivity index (χ4n) is 3.07. The van der Waals surface area contributed by atoms with E-state index in [9.17, 15) is 18.3 Å². The van der Waals surface area contributed by atoms with Crippen LogP contribution in [0.25, 0.3) is 0 Å². The summed E-state index contributed by atoms with van der Waals surface area (Å²) in [4.78, 5) is 21.0. The van der Waals surface area contributed by atoms with E-state index in [1.165, 1.54) is 36.6 Å². The minimum absolute atomic E-state index is 0.0946. The van der Waals surface area contributed by atoms with E-state index in [0.29, 0.717) is 39.9 Å². The number of anilines is 4. The molecule has 33 heavy (non-hydrogen) atoms. The number of pyridine rings is 2. The van der Waals surface area contributed by atoms with Crippen molar-refractivity contribution in [2.24, 2.45) is 5.84 Å². The molecule has 0 aliphatic carbocycles. The van der Waals surface area contributed by atoms with Gasteiger partial charge in [0, 0.05) is 31.1 Å². The van der Waals surface area contributed by atoms with Crippen LogP contribution in [0, 0.1) is 0 Å². The summed E-state index contributed by atoms with van der Waals surface area (Å²) in [7, 11) is -1.88. The first-order valence-corrected chi connectivity index (χ1v) is 11.9. The van der Waals surface area contributed by atoms with Gasteiger partial charge in [0.15, 0.2) is 15.6 Å². The zero-order valence-corrected chi connectivity index (χ0v) is 19.3. The van der Waals surface area contributed by atoms with E-state index in [4.69, 9.17) is 10.6 Å². The lowest BCUT2D eigenvalue weighted by Crippen LogP contribution is -2.27. The van der Waals surface area contributed by atoms with Crippen LogP contribution >= 0.6 is 0 Å². The lowest BCUT2D eigenvalue weighted by Gasteiger charge is -2.24. The highest BCUT2D eigenvalue weighted by Crippen LogP contribution is 2.35. The molecule has 0 unspecified atom stereocenters. The van der Waals surface area contributed by atoms with Crippen LogP contribution in [0.5, 0.6) is 5.75 Å². The number of aliphatic hydroxyl groups excluding tert-OH is 1. The number of carbonyl (C=O) groups is 1. The monoisotopic (exact) mass is 471 g/mol. The molecule has 11 heteroatoms. The normalized spacial score (nSPS) is 11.2. The molecule has 0 fully saturated rings. The van der Waals surface area contributed by atoms with Crippen molar-refractivity contribution in [2.75, 3.05) is 23.7 Å². The molecular weight excluding hydrogens is 446 g/mol. The summed E-state index contributed by atoms with van der Waals surface area (Å²) in [6.45, 7) is 1.58. The molecule has 1 aromatic carbocycles. The molecule has 3 rings (SSSR count). The Hall–Kier alpha value is -3.54. The molecule has 3 aromatic rings. The number of sulfone groups is 1. The van der Waals surface area contributed by atoms with E-state index in [-0.39, 0.29) is 23.7 Å². The van der Waals surface area contributed by atoms with Gasteiger partial charge in [0.05, 0.1) is 35.6 Å². The van der Waals surface area contributed by atoms with Crippen molar-refractivity contribution in [1.29, 1.82) is 0 Å². The third-order valence-electron chi connectivity index (χ3n) is 4.87. The highest BCUT2D eigenvalue weighted by Gasteiger charge is 2.20. The maximum absolute atomic E-state index is 12.5. The zero-order valence-electron chi connectivity index (χ0n) is 18.4. The molecule has 4 N–H and O–H groups in total. The highest BCUT2D eigenvalue weighted by atomic mass is 32.2. The van der Waals surface area contributed by atoms with Crippen molar-refractivity contribution in [2.45, 2.75) is 24.8 Å². The first-order chi connectivity index (χ1) is 15.7. The Morgan fingerprint density at radius 2 is 1.85 bits per heavy atom. The molecule has 0 atom stereocenters. The molecule has 174 valence electrons. The van der Waals surface area contributed by atoms with Crippen LogP contribution < -0.4 is 20.9 Å². The summed E-state index contributed by atoms with van der Waals surface area (Å²) >= 11 is 0. The molecule has 0 amide bonds. The van der Waals surface area contributed by atoms with Gasteiger partial charge >= 0.3 is 0 Å². The molecule has 0 spiro atoms. The Morgan fingerprint density at radius 3 is 2.42 bits per heavy atom. The van der Waals surface area contributed by atoms with E-state index in [2.05, 4.69) is 15.3 Å². The van der Waals surface area contributed by atoms with Gasteiger partial charge in [-0.15, -0.1) is 0 Å². The largest absolute Gasteiger partial charge is 0.495 e. The summed E-state index contributed by atoms with van der Waals surface area (Å²) in [5.74, 6) is 7.39. The van der Waals surface area contributed by atoms with Gasteiger partial charge in [-0.2, -0.15) is 0 Å². The van der Waals surface area contributed by atoms with Gasteiger partial charge in [0.25, 0.3) is 0 Å². The predicted molar refractivity (Wildman–Crippen MR) is 125 cm³/mol. The van der Waals surface area contributed by atoms with E-state index < -0.39 is 9.84 Å². The van der Waals surface area contributed by atoms with Crippen molar-refractivity contribution in [3.05, 3.63) is 59.9 Å². The Bertz CT molecular complexity index is 1260. The number of aliphatic hydroxyl groups is 1. The molecule has 2 aromatic heterocycles. The number of hydrazine groups is 1. The molecule has 2 heterocycles. The van der Waals surface area contributed by atoms with Crippen LogP contribution in [-0.2, 0) is 16.4 Å². The maximum Gasteiger partial charge on any atom is 0.177 e. The van der Waals surface area contributed by atoms with E-state index in [1.807, 2.05) is 0 Å². The molecule has 0 radical (unpaired) electrons. The number of aromatic nitrogens is 2. The van der Waals surface area contributed by atoms with Gasteiger partial charge in [-0.3, -0.25) is 9.80 Å². The number of nitrogens with two attached hydrogens (primary N) is 1. The van der Waals surface area contributed by atoms with Crippen LogP contribution in [-0.4, -0.2) is 42.6 Å². The first kappa shape index (κ1) is 24.1. The number of hydrogen-bond donors (Lipinski definition) is 3. The number of ether oxygens (including phenoxy) is 1. The number of nitrogens with one attached hydrogen (secondary N) is 1. The number of ketones is 1. The molecule has 10 nitrogen and oxygen atoms in total. The quantitative estimate of drug-likeness (QED) is 0.242. The van der Waals surface area contributed by atoms with Gasteiger partial charge in [-0.25, -0.2) is 24.2 Å². The number of methoxy groups -OCH3 is 1. The topological polar surface area (TPSA) is 148 Å². The minimum atomic E-state index is -3.36. The second kappa shape index (κ2) is 9.94. The van der Waals surface area contributed by atoms with Crippen LogP contribution in [0.15, 0.2) is 53.7 Å². The fourth-order valence-corrected chi connectivity index (χ4v) is 3.63. The van der Waals surface area contributed by atoms with Gasteiger partial charge in [0.1, 0.15) is 17.4 Å². The van der Waals surface area contributed by atoms with Crippen molar-refractivity contribution in [3.63, 3.8) is 0 Å². The average molecular weight is 472 g/mol. The third kappa shape index (κ3) is 5.45. The lowest BCUT2D eigenvalue weighted by molar-refractivity contribution is 0.0988. The predicted octanol–water partition coefficient (Wildman–Crippen LogP) is 2.73. The van der Waals surface area contributed by atoms with E-state index >= 15 is 0 Å². The molecule has 0 aliphatic rings. The van der Waals surface area contributed by atoms with Crippen LogP contribution in [0.4, 0.5) is 23.0 Å². The average Bonchev–Trinajstić information content (AvgIpc) is 2.82. The van der Waals surface area contributed by atoms with Crippen LogP contribution in [0.2, 0.25) is 0 Å².